The summed E-state index contributed by atoms with van der Waals surface area (Å²) in [5.41, 5.74) is 8.10. The van der Waals surface area contributed by atoms with Gasteiger partial charge in [0.05, 0.1) is 5.56 Å². The molecule has 1 aromatic rings. The fourth-order valence-electron chi connectivity index (χ4n) is 2.77. The molecule has 1 saturated heterocycles. The van der Waals surface area contributed by atoms with Gasteiger partial charge in [0.2, 0.25) is 0 Å². The minimum absolute atomic E-state index is 0.0768. The summed E-state index contributed by atoms with van der Waals surface area (Å²) in [6.45, 7) is 7.23. The van der Waals surface area contributed by atoms with E-state index in [0.717, 1.165) is 25.2 Å². The average Bonchev–Trinajstić information content (AvgIpc) is 2.39. The number of piperidine rings is 1. The van der Waals surface area contributed by atoms with Gasteiger partial charge >= 0.3 is 0 Å². The number of nitrogens with zero attached hydrogens (tertiary/aromatic N) is 1. The first-order valence-electron chi connectivity index (χ1n) is 7.45. The highest BCUT2D eigenvalue weighted by Crippen LogP contribution is 2.14. The van der Waals surface area contributed by atoms with Crippen LogP contribution in [0.1, 0.15) is 42.1 Å². The summed E-state index contributed by atoms with van der Waals surface area (Å²) in [5.74, 6) is -0.0768. The van der Waals surface area contributed by atoms with Crippen molar-refractivity contribution in [2.45, 2.75) is 39.2 Å². The standard InChI is InChI=1S/C16H25N3O/c1-12-6-7-14(15(17)10-12)16(20)18-13(2)11-19-8-4-3-5-9-19/h6-7,10,13H,3-5,8-9,11,17H2,1-2H3,(H,18,20). The highest BCUT2D eigenvalue weighted by Gasteiger charge is 2.16. The molecule has 0 bridgehead atoms. The largest absolute Gasteiger partial charge is 0.398 e. The molecule has 110 valence electrons. The van der Waals surface area contributed by atoms with Gasteiger partial charge in [0.25, 0.3) is 5.91 Å². The maximum Gasteiger partial charge on any atom is 0.253 e. The first-order valence-corrected chi connectivity index (χ1v) is 7.45. The van der Waals surface area contributed by atoms with E-state index in [-0.39, 0.29) is 11.9 Å². The van der Waals surface area contributed by atoms with E-state index in [1.807, 2.05) is 19.1 Å². The molecule has 0 radical (unpaired) electrons. The molecule has 4 heteroatoms. The summed E-state index contributed by atoms with van der Waals surface area (Å²) < 4.78 is 0. The zero-order chi connectivity index (χ0) is 14.5. The highest BCUT2D eigenvalue weighted by molar-refractivity contribution is 5.99. The van der Waals surface area contributed by atoms with E-state index >= 15 is 0 Å². The SMILES string of the molecule is Cc1ccc(C(=O)NC(C)CN2CCCCC2)c(N)c1. The lowest BCUT2D eigenvalue weighted by molar-refractivity contribution is 0.0926. The van der Waals surface area contributed by atoms with E-state index in [4.69, 9.17) is 5.73 Å². The van der Waals surface area contributed by atoms with E-state index in [9.17, 15) is 4.79 Å². The molecule has 1 aliphatic rings. The monoisotopic (exact) mass is 275 g/mol. The molecule has 0 aromatic heterocycles. The zero-order valence-corrected chi connectivity index (χ0v) is 12.5. The second kappa shape index (κ2) is 6.75. The lowest BCUT2D eigenvalue weighted by atomic mass is 10.1. The van der Waals surface area contributed by atoms with Crippen molar-refractivity contribution in [2.24, 2.45) is 0 Å². The van der Waals surface area contributed by atoms with Crippen LogP contribution in [0.2, 0.25) is 0 Å². The molecule has 1 aliphatic heterocycles. The number of nitrogen functional groups attached to an aromatic ring is 1. The number of hydrogen-bond acceptors (Lipinski definition) is 3. The normalized spacial score (nSPS) is 17.7. The van der Waals surface area contributed by atoms with E-state index in [1.54, 1.807) is 6.07 Å². The molecule has 1 amide bonds. The second-order valence-corrected chi connectivity index (χ2v) is 5.83. The molecule has 1 unspecified atom stereocenters. The average molecular weight is 275 g/mol. The molecule has 4 nitrogen and oxygen atoms in total. The van der Waals surface area contributed by atoms with Crippen molar-refractivity contribution in [3.63, 3.8) is 0 Å². The first-order chi connectivity index (χ1) is 9.56. The van der Waals surface area contributed by atoms with Gasteiger partial charge in [-0.3, -0.25) is 4.79 Å². The molecule has 20 heavy (non-hydrogen) atoms. The maximum absolute atomic E-state index is 12.2. The predicted molar refractivity (Wildman–Crippen MR) is 82.8 cm³/mol. The molecular formula is C16H25N3O. The first kappa shape index (κ1) is 14.9. The molecule has 1 fully saturated rings. The number of carbonyl (C=O) groups excluding carboxylic acids is 1. The molecule has 3 N–H and O–H groups in total. The number of likely N-dealkylation sites (tertiary alicyclic amines) is 1. The quantitative estimate of drug-likeness (QED) is 0.828. The van der Waals surface area contributed by atoms with Gasteiger partial charge in [0.1, 0.15) is 0 Å². The molecule has 0 aliphatic carbocycles. The third-order valence-electron chi connectivity index (χ3n) is 3.81. The van der Waals surface area contributed by atoms with Crippen molar-refractivity contribution in [2.75, 3.05) is 25.4 Å². The fourth-order valence-corrected chi connectivity index (χ4v) is 2.77. The van der Waals surface area contributed by atoms with Gasteiger partial charge in [-0.15, -0.1) is 0 Å². The number of anilines is 1. The van der Waals surface area contributed by atoms with E-state index in [1.165, 1.54) is 19.3 Å². The number of rotatable bonds is 4. The Balaban J connectivity index is 1.89. The topological polar surface area (TPSA) is 58.4 Å². The van der Waals surface area contributed by atoms with Gasteiger partial charge in [-0.1, -0.05) is 12.5 Å². The maximum atomic E-state index is 12.2. The van der Waals surface area contributed by atoms with Crippen LogP contribution < -0.4 is 11.1 Å². The Bertz CT molecular complexity index is 467. The molecular weight excluding hydrogens is 250 g/mol. The molecule has 2 rings (SSSR count). The van der Waals surface area contributed by atoms with Crippen LogP contribution in [-0.2, 0) is 0 Å². The summed E-state index contributed by atoms with van der Waals surface area (Å²) in [5, 5.41) is 3.04. The van der Waals surface area contributed by atoms with Crippen molar-refractivity contribution in [3.05, 3.63) is 29.3 Å². The summed E-state index contributed by atoms with van der Waals surface area (Å²) in [6, 6.07) is 5.69. The third kappa shape index (κ3) is 3.97. The molecule has 1 aromatic carbocycles. The number of carbonyl (C=O) groups is 1. The van der Waals surface area contributed by atoms with Gasteiger partial charge < -0.3 is 16.0 Å². The molecule has 0 saturated carbocycles. The van der Waals surface area contributed by atoms with Gasteiger partial charge in [-0.2, -0.15) is 0 Å². The Hall–Kier alpha value is -1.55. The van der Waals surface area contributed by atoms with Crippen molar-refractivity contribution >= 4 is 11.6 Å². The Morgan fingerprint density at radius 1 is 1.35 bits per heavy atom. The molecule has 0 spiro atoms. The third-order valence-corrected chi connectivity index (χ3v) is 3.81. The van der Waals surface area contributed by atoms with Crippen LogP contribution in [-0.4, -0.2) is 36.5 Å². The minimum atomic E-state index is -0.0768. The Morgan fingerprint density at radius 3 is 2.70 bits per heavy atom. The highest BCUT2D eigenvalue weighted by atomic mass is 16.1. The van der Waals surface area contributed by atoms with Crippen LogP contribution in [0, 0.1) is 6.92 Å². The zero-order valence-electron chi connectivity index (χ0n) is 12.5. The van der Waals surface area contributed by atoms with Gasteiger partial charge in [0.15, 0.2) is 0 Å². The van der Waals surface area contributed by atoms with Crippen molar-refractivity contribution in [1.29, 1.82) is 0 Å². The number of hydrogen-bond donors (Lipinski definition) is 2. The van der Waals surface area contributed by atoms with Crippen molar-refractivity contribution < 1.29 is 4.79 Å². The van der Waals surface area contributed by atoms with Crippen LogP contribution in [0.4, 0.5) is 5.69 Å². The van der Waals surface area contributed by atoms with Crippen molar-refractivity contribution in [3.8, 4) is 0 Å². The van der Waals surface area contributed by atoms with Crippen LogP contribution in [0.3, 0.4) is 0 Å². The smallest absolute Gasteiger partial charge is 0.253 e. The van der Waals surface area contributed by atoms with E-state index in [2.05, 4.69) is 17.1 Å². The number of nitrogens with one attached hydrogen (secondary N) is 1. The van der Waals surface area contributed by atoms with Crippen LogP contribution >= 0.6 is 0 Å². The number of nitrogens with two attached hydrogens (primary N) is 1. The van der Waals surface area contributed by atoms with Crippen LogP contribution in [0.5, 0.6) is 0 Å². The van der Waals surface area contributed by atoms with E-state index < -0.39 is 0 Å². The Morgan fingerprint density at radius 2 is 2.05 bits per heavy atom. The molecule has 1 heterocycles. The summed E-state index contributed by atoms with van der Waals surface area (Å²) in [7, 11) is 0. The number of benzene rings is 1. The summed E-state index contributed by atoms with van der Waals surface area (Å²) in [4.78, 5) is 14.6. The van der Waals surface area contributed by atoms with E-state index in [0.29, 0.717) is 11.3 Å². The Kier molecular flexibility index (Phi) is 5.01. The lowest BCUT2D eigenvalue weighted by Gasteiger charge is -2.29. The number of amides is 1. The van der Waals surface area contributed by atoms with Crippen LogP contribution in [0.15, 0.2) is 18.2 Å². The van der Waals surface area contributed by atoms with Gasteiger partial charge in [-0.25, -0.2) is 0 Å². The second-order valence-electron chi connectivity index (χ2n) is 5.83. The van der Waals surface area contributed by atoms with Gasteiger partial charge in [0, 0.05) is 18.3 Å². The van der Waals surface area contributed by atoms with Gasteiger partial charge in [-0.05, 0) is 57.5 Å². The molecule has 1 atom stereocenters. The summed E-state index contributed by atoms with van der Waals surface area (Å²) >= 11 is 0. The van der Waals surface area contributed by atoms with Crippen LogP contribution in [0.25, 0.3) is 0 Å². The Labute approximate surface area is 121 Å². The minimum Gasteiger partial charge on any atom is -0.398 e. The summed E-state index contributed by atoms with van der Waals surface area (Å²) in [6.07, 6.45) is 3.87. The lowest BCUT2D eigenvalue weighted by Crippen LogP contribution is -2.43. The predicted octanol–water partition coefficient (Wildman–Crippen LogP) is 2.18. The van der Waals surface area contributed by atoms with Crippen molar-refractivity contribution in [1.82, 2.24) is 10.2 Å². The number of aryl methyl sites for hydroxylation is 1. The fraction of sp³-hybridized carbons (Fsp3) is 0.562.